The van der Waals surface area contributed by atoms with E-state index >= 15 is 0 Å². The predicted molar refractivity (Wildman–Crippen MR) is 134 cm³/mol. The monoisotopic (exact) mass is 560 g/mol. The molecule has 2 fully saturated rings. The molecule has 5 rings (SSSR count). The van der Waals surface area contributed by atoms with Gasteiger partial charge in [0, 0.05) is 11.0 Å². The number of carbonyl (C=O) groups is 1. The molecule has 1 amide bonds. The van der Waals surface area contributed by atoms with Gasteiger partial charge in [-0.3, -0.25) is 9.36 Å². The van der Waals surface area contributed by atoms with Crippen molar-refractivity contribution in [3.8, 4) is 0 Å². The second kappa shape index (κ2) is 10.8. The molecule has 1 aliphatic carbocycles. The van der Waals surface area contributed by atoms with Gasteiger partial charge >= 0.3 is 0 Å². The van der Waals surface area contributed by atoms with Crippen LogP contribution in [-0.4, -0.2) is 72.6 Å². The maximum Gasteiger partial charge on any atom is 0.252 e. The maximum absolute atomic E-state index is 12.2. The molecule has 0 unspecified atom stereocenters. The summed E-state index contributed by atoms with van der Waals surface area (Å²) in [6, 6.07) is 8.11. The molecule has 36 heavy (non-hydrogen) atoms. The minimum atomic E-state index is -1.37. The zero-order valence-electron chi connectivity index (χ0n) is 19.7. The highest BCUT2D eigenvalue weighted by molar-refractivity contribution is 9.10. The number of rotatable bonds is 8. The van der Waals surface area contributed by atoms with Crippen LogP contribution < -0.4 is 10.6 Å². The van der Waals surface area contributed by atoms with Crippen LogP contribution in [0.4, 0.5) is 5.82 Å². The molecule has 2 aliphatic rings. The van der Waals surface area contributed by atoms with Crippen molar-refractivity contribution in [1.29, 1.82) is 0 Å². The molecular weight excluding hydrogens is 532 g/mol. The van der Waals surface area contributed by atoms with Gasteiger partial charge in [-0.2, -0.15) is 0 Å². The summed E-state index contributed by atoms with van der Waals surface area (Å²) < 4.78 is 14.5. The molecule has 3 heterocycles. The lowest BCUT2D eigenvalue weighted by Crippen LogP contribution is -2.42. The first-order valence-electron chi connectivity index (χ1n) is 12.1. The number of anilines is 1. The maximum atomic E-state index is 12.2. The van der Waals surface area contributed by atoms with E-state index in [1.54, 1.807) is 6.92 Å². The van der Waals surface area contributed by atoms with Crippen molar-refractivity contribution in [2.24, 2.45) is 0 Å². The lowest BCUT2D eigenvalue weighted by atomic mass is 10.1. The Labute approximate surface area is 216 Å². The molecule has 3 aromatic rings. The first-order chi connectivity index (χ1) is 17.5. The molecule has 2 aromatic heterocycles. The SMILES string of the molecule is CCNC(=O)[C@H]1O[C@@H](n2cnc3c(N[C@@H]4CCC[C@H]4OCc4cccc(Br)c4)ncnc32)[C@H](O)[C@@H]1O. The Morgan fingerprint density at radius 3 is 2.92 bits per heavy atom. The van der Waals surface area contributed by atoms with Crippen LogP contribution in [0.3, 0.4) is 0 Å². The number of hydrogen-bond donors (Lipinski definition) is 4. The normalized spacial score (nSPS) is 28.0. The molecule has 1 aliphatic heterocycles. The number of likely N-dealkylation sites (N-methyl/N-ethyl adjacent to an activating group) is 1. The standard InChI is InChI=1S/C24H29BrN6O5/c1-2-26-23(34)20-18(32)19(33)24(36-20)31-12-29-17-21(27-11-28-22(17)31)30-15-7-4-8-16(15)35-10-13-5-3-6-14(25)9-13/h3,5-6,9,11-12,15-16,18-20,24,32-33H,2,4,7-8,10H2,1H3,(H,26,34)(H,27,28,30)/t15-,16-,18+,19-,20+,24-/m1/s1. The number of ether oxygens (including phenoxy) is 2. The van der Waals surface area contributed by atoms with E-state index in [-0.39, 0.29) is 12.1 Å². The molecule has 0 radical (unpaired) electrons. The van der Waals surface area contributed by atoms with Gasteiger partial charge in [0.2, 0.25) is 0 Å². The van der Waals surface area contributed by atoms with Gasteiger partial charge in [0.1, 0.15) is 18.5 Å². The van der Waals surface area contributed by atoms with Crippen LogP contribution in [0.25, 0.3) is 11.2 Å². The summed E-state index contributed by atoms with van der Waals surface area (Å²) in [5.74, 6) is 0.0677. The lowest BCUT2D eigenvalue weighted by Gasteiger charge is -2.22. The highest BCUT2D eigenvalue weighted by Crippen LogP contribution is 2.33. The van der Waals surface area contributed by atoms with Gasteiger partial charge in [-0.1, -0.05) is 28.1 Å². The Hall–Kier alpha value is -2.64. The number of fused-ring (bicyclic) bond motifs is 1. The Balaban J connectivity index is 1.31. The highest BCUT2D eigenvalue weighted by atomic mass is 79.9. The van der Waals surface area contributed by atoms with E-state index in [9.17, 15) is 15.0 Å². The van der Waals surface area contributed by atoms with Gasteiger partial charge in [-0.25, -0.2) is 15.0 Å². The van der Waals surface area contributed by atoms with Gasteiger partial charge in [0.25, 0.3) is 5.91 Å². The summed E-state index contributed by atoms with van der Waals surface area (Å²) in [6.07, 6.45) is 0.892. The Morgan fingerprint density at radius 1 is 1.25 bits per heavy atom. The van der Waals surface area contributed by atoms with Gasteiger partial charge < -0.3 is 30.3 Å². The van der Waals surface area contributed by atoms with Crippen molar-refractivity contribution < 1.29 is 24.5 Å². The number of aliphatic hydroxyl groups excluding tert-OH is 2. The van der Waals surface area contributed by atoms with Crippen LogP contribution in [-0.2, 0) is 20.9 Å². The van der Waals surface area contributed by atoms with Gasteiger partial charge in [0.15, 0.2) is 29.3 Å². The number of aromatic nitrogens is 4. The number of nitrogens with zero attached hydrogens (tertiary/aromatic N) is 4. The second-order valence-corrected chi connectivity index (χ2v) is 9.95. The third kappa shape index (κ3) is 4.96. The fraction of sp³-hybridized carbons (Fsp3) is 0.500. The van der Waals surface area contributed by atoms with Crippen molar-refractivity contribution in [2.75, 3.05) is 11.9 Å². The third-order valence-electron chi connectivity index (χ3n) is 6.61. The number of hydrogen-bond acceptors (Lipinski definition) is 9. The summed E-state index contributed by atoms with van der Waals surface area (Å²) >= 11 is 3.50. The molecule has 4 N–H and O–H groups in total. The fourth-order valence-corrected chi connectivity index (χ4v) is 5.27. The minimum absolute atomic E-state index is 0.0176. The van der Waals surface area contributed by atoms with Crippen LogP contribution in [0.15, 0.2) is 41.4 Å². The number of benzene rings is 1. The van der Waals surface area contributed by atoms with E-state index < -0.39 is 30.4 Å². The van der Waals surface area contributed by atoms with Crippen molar-refractivity contribution in [3.05, 3.63) is 47.0 Å². The van der Waals surface area contributed by atoms with Crippen molar-refractivity contribution in [2.45, 2.75) is 69.5 Å². The molecule has 6 atom stereocenters. The van der Waals surface area contributed by atoms with E-state index in [1.165, 1.54) is 17.2 Å². The average Bonchev–Trinajstić information content (AvgIpc) is 3.57. The zero-order chi connectivity index (χ0) is 25.2. The molecule has 1 saturated heterocycles. The summed E-state index contributed by atoms with van der Waals surface area (Å²) in [6.45, 7) is 2.67. The Kier molecular flexibility index (Phi) is 7.49. The number of aliphatic hydroxyl groups is 2. The van der Waals surface area contributed by atoms with Crippen molar-refractivity contribution in [1.82, 2.24) is 24.8 Å². The third-order valence-corrected chi connectivity index (χ3v) is 7.10. The molecule has 192 valence electrons. The van der Waals surface area contributed by atoms with E-state index in [4.69, 9.17) is 9.47 Å². The number of carbonyl (C=O) groups excluding carboxylic acids is 1. The first-order valence-corrected chi connectivity index (χ1v) is 12.8. The van der Waals surface area contributed by atoms with Gasteiger partial charge in [0.05, 0.1) is 25.1 Å². The van der Waals surface area contributed by atoms with Crippen molar-refractivity contribution >= 4 is 38.8 Å². The molecule has 1 aromatic carbocycles. The molecule has 0 bridgehead atoms. The Morgan fingerprint density at radius 2 is 2.11 bits per heavy atom. The van der Waals surface area contributed by atoms with E-state index in [1.807, 2.05) is 24.3 Å². The van der Waals surface area contributed by atoms with Crippen molar-refractivity contribution in [3.63, 3.8) is 0 Å². The number of imidazole rings is 1. The van der Waals surface area contributed by atoms with E-state index in [0.717, 1.165) is 29.3 Å². The summed E-state index contributed by atoms with van der Waals surface area (Å²) in [4.78, 5) is 25.4. The van der Waals surface area contributed by atoms with Gasteiger partial charge in [-0.15, -0.1) is 0 Å². The highest BCUT2D eigenvalue weighted by Gasteiger charge is 2.47. The van der Waals surface area contributed by atoms with E-state index in [2.05, 4.69) is 41.5 Å². The summed E-state index contributed by atoms with van der Waals surface area (Å²) in [7, 11) is 0. The second-order valence-electron chi connectivity index (χ2n) is 9.03. The lowest BCUT2D eigenvalue weighted by molar-refractivity contribution is -0.137. The van der Waals surface area contributed by atoms with Crippen LogP contribution in [0.1, 0.15) is 38.0 Å². The molecule has 0 spiro atoms. The molecule has 12 heteroatoms. The zero-order valence-corrected chi connectivity index (χ0v) is 21.3. The summed E-state index contributed by atoms with van der Waals surface area (Å²) in [5.41, 5.74) is 2.02. The number of amides is 1. The molecule has 1 saturated carbocycles. The van der Waals surface area contributed by atoms with Crippen LogP contribution >= 0.6 is 15.9 Å². The summed E-state index contributed by atoms with van der Waals surface area (Å²) in [5, 5.41) is 27.1. The largest absolute Gasteiger partial charge is 0.387 e. The average molecular weight is 561 g/mol. The first kappa shape index (κ1) is 25.0. The fourth-order valence-electron chi connectivity index (χ4n) is 4.82. The molecular formula is C24H29BrN6O5. The van der Waals surface area contributed by atoms with Crippen LogP contribution in [0.2, 0.25) is 0 Å². The van der Waals surface area contributed by atoms with E-state index in [0.29, 0.717) is 30.1 Å². The quantitative estimate of drug-likeness (QED) is 0.324. The Bertz CT molecular complexity index is 1220. The topological polar surface area (TPSA) is 144 Å². The predicted octanol–water partition coefficient (Wildman–Crippen LogP) is 1.89. The minimum Gasteiger partial charge on any atom is -0.387 e. The number of nitrogens with one attached hydrogen (secondary N) is 2. The van der Waals surface area contributed by atoms with Crippen LogP contribution in [0, 0.1) is 0 Å². The van der Waals surface area contributed by atoms with Crippen LogP contribution in [0.5, 0.6) is 0 Å². The smallest absolute Gasteiger partial charge is 0.252 e. The van der Waals surface area contributed by atoms with Gasteiger partial charge in [-0.05, 0) is 43.9 Å². The number of halogens is 1. The molecule has 11 nitrogen and oxygen atoms in total.